The largest absolute Gasteiger partial charge is 0.490 e. The minimum atomic E-state index is -0.496. The number of hydrogen-bond donors (Lipinski definition) is 1. The van der Waals surface area contributed by atoms with Crippen molar-refractivity contribution in [1.82, 2.24) is 0 Å². The fourth-order valence-corrected chi connectivity index (χ4v) is 1.90. The van der Waals surface area contributed by atoms with Gasteiger partial charge in [-0.05, 0) is 48.5 Å². The molecule has 2 rings (SSSR count). The van der Waals surface area contributed by atoms with Gasteiger partial charge in [0.25, 0.3) is 0 Å². The van der Waals surface area contributed by atoms with Crippen LogP contribution in [0.2, 0.25) is 0 Å². The van der Waals surface area contributed by atoms with Crippen LogP contribution in [0.25, 0.3) is 0 Å². The van der Waals surface area contributed by atoms with Gasteiger partial charge in [-0.3, -0.25) is 0 Å². The molecule has 0 amide bonds. The first kappa shape index (κ1) is 18.1. The second kappa shape index (κ2) is 9.12. The van der Waals surface area contributed by atoms with E-state index in [-0.39, 0.29) is 13.2 Å². The van der Waals surface area contributed by atoms with Gasteiger partial charge in [0.05, 0.1) is 5.56 Å². The van der Waals surface area contributed by atoms with Crippen molar-refractivity contribution in [1.29, 1.82) is 0 Å². The molecule has 0 bridgehead atoms. The molecular weight excluding hydrogens is 322 g/mol. The monoisotopic (exact) mass is 341 g/mol. The van der Waals surface area contributed by atoms with E-state index in [0.29, 0.717) is 17.1 Å². The molecule has 0 aliphatic rings. The summed E-state index contributed by atoms with van der Waals surface area (Å²) >= 11 is 0. The highest BCUT2D eigenvalue weighted by Gasteiger charge is 2.09. The SMILES string of the molecule is C=CC(=O)OCCOc1ccc(C(=O)Oc2ccc(NC)cc2)cc1. The summed E-state index contributed by atoms with van der Waals surface area (Å²) in [5, 5.41) is 2.99. The van der Waals surface area contributed by atoms with Crippen LogP contribution in [0.3, 0.4) is 0 Å². The minimum absolute atomic E-state index is 0.122. The van der Waals surface area contributed by atoms with E-state index in [1.165, 1.54) is 0 Å². The smallest absolute Gasteiger partial charge is 0.343 e. The molecule has 0 saturated heterocycles. The first-order valence-electron chi connectivity index (χ1n) is 7.64. The van der Waals surface area contributed by atoms with Crippen LogP contribution in [-0.4, -0.2) is 32.2 Å². The highest BCUT2D eigenvalue weighted by atomic mass is 16.6. The number of ether oxygens (including phenoxy) is 3. The molecule has 6 heteroatoms. The van der Waals surface area contributed by atoms with Gasteiger partial charge in [0.1, 0.15) is 24.7 Å². The first-order chi connectivity index (χ1) is 12.1. The molecule has 0 saturated carbocycles. The van der Waals surface area contributed by atoms with Crippen LogP contribution in [0.5, 0.6) is 11.5 Å². The maximum atomic E-state index is 12.1. The van der Waals surface area contributed by atoms with Crippen molar-refractivity contribution >= 4 is 17.6 Å². The number of anilines is 1. The maximum Gasteiger partial charge on any atom is 0.343 e. The van der Waals surface area contributed by atoms with Crippen LogP contribution < -0.4 is 14.8 Å². The molecule has 0 aliphatic heterocycles. The summed E-state index contributed by atoms with van der Waals surface area (Å²) in [6, 6.07) is 13.6. The zero-order chi connectivity index (χ0) is 18.1. The predicted molar refractivity (Wildman–Crippen MR) is 94.0 cm³/mol. The van der Waals surface area contributed by atoms with E-state index >= 15 is 0 Å². The average Bonchev–Trinajstić information content (AvgIpc) is 2.66. The third-order valence-corrected chi connectivity index (χ3v) is 3.21. The molecule has 2 aromatic carbocycles. The van der Waals surface area contributed by atoms with Gasteiger partial charge in [0.15, 0.2) is 0 Å². The van der Waals surface area contributed by atoms with Crippen molar-refractivity contribution in [2.24, 2.45) is 0 Å². The zero-order valence-corrected chi connectivity index (χ0v) is 13.9. The Morgan fingerprint density at radius 3 is 2.24 bits per heavy atom. The van der Waals surface area contributed by atoms with Crippen molar-refractivity contribution in [2.75, 3.05) is 25.6 Å². The minimum Gasteiger partial charge on any atom is -0.490 e. The third kappa shape index (κ3) is 5.69. The lowest BCUT2D eigenvalue weighted by Crippen LogP contribution is -2.11. The van der Waals surface area contributed by atoms with Crippen molar-refractivity contribution in [3.8, 4) is 11.5 Å². The molecule has 0 atom stereocenters. The highest BCUT2D eigenvalue weighted by molar-refractivity contribution is 5.91. The second-order valence-electron chi connectivity index (χ2n) is 4.91. The number of carbonyl (C=O) groups excluding carboxylic acids is 2. The Labute approximate surface area is 146 Å². The van der Waals surface area contributed by atoms with Gasteiger partial charge < -0.3 is 19.5 Å². The topological polar surface area (TPSA) is 73.9 Å². The van der Waals surface area contributed by atoms with Crippen LogP contribution in [0.15, 0.2) is 61.2 Å². The van der Waals surface area contributed by atoms with E-state index in [0.717, 1.165) is 11.8 Å². The lowest BCUT2D eigenvalue weighted by atomic mass is 10.2. The van der Waals surface area contributed by atoms with E-state index in [4.69, 9.17) is 14.2 Å². The summed E-state index contributed by atoms with van der Waals surface area (Å²) in [5.41, 5.74) is 1.34. The van der Waals surface area contributed by atoms with Gasteiger partial charge >= 0.3 is 11.9 Å². The Morgan fingerprint density at radius 2 is 1.64 bits per heavy atom. The molecule has 0 fully saturated rings. The zero-order valence-electron chi connectivity index (χ0n) is 13.9. The predicted octanol–water partition coefficient (Wildman–Crippen LogP) is 3.06. The number of rotatable bonds is 8. The van der Waals surface area contributed by atoms with Crippen molar-refractivity contribution < 1.29 is 23.8 Å². The van der Waals surface area contributed by atoms with Gasteiger partial charge in [-0.25, -0.2) is 9.59 Å². The normalized spacial score (nSPS) is 9.80. The highest BCUT2D eigenvalue weighted by Crippen LogP contribution is 2.18. The van der Waals surface area contributed by atoms with E-state index in [1.54, 1.807) is 36.4 Å². The van der Waals surface area contributed by atoms with E-state index in [1.807, 2.05) is 19.2 Å². The van der Waals surface area contributed by atoms with Crippen molar-refractivity contribution in [3.05, 3.63) is 66.7 Å². The average molecular weight is 341 g/mol. The number of hydrogen-bond acceptors (Lipinski definition) is 6. The quantitative estimate of drug-likeness (QED) is 0.344. The van der Waals surface area contributed by atoms with Gasteiger partial charge in [0.2, 0.25) is 0 Å². The van der Waals surface area contributed by atoms with Crippen molar-refractivity contribution in [3.63, 3.8) is 0 Å². The molecular formula is C19H19NO5. The first-order valence-corrected chi connectivity index (χ1v) is 7.64. The number of nitrogens with one attached hydrogen (secondary N) is 1. The molecule has 0 radical (unpaired) electrons. The summed E-state index contributed by atoms with van der Waals surface area (Å²) in [6.07, 6.45) is 1.09. The maximum absolute atomic E-state index is 12.1. The van der Waals surface area contributed by atoms with Gasteiger partial charge in [-0.2, -0.15) is 0 Å². The fraction of sp³-hybridized carbons (Fsp3) is 0.158. The summed E-state index contributed by atoms with van der Waals surface area (Å²) in [5.74, 6) is 0.0750. The summed E-state index contributed by atoms with van der Waals surface area (Å²) in [6.45, 7) is 3.63. The van der Waals surface area contributed by atoms with E-state index < -0.39 is 11.9 Å². The van der Waals surface area contributed by atoms with Gasteiger partial charge in [0, 0.05) is 18.8 Å². The lowest BCUT2D eigenvalue weighted by Gasteiger charge is -2.08. The van der Waals surface area contributed by atoms with E-state index in [9.17, 15) is 9.59 Å². The molecule has 6 nitrogen and oxygen atoms in total. The molecule has 0 aromatic heterocycles. The van der Waals surface area contributed by atoms with Gasteiger partial charge in [-0.15, -0.1) is 0 Å². The van der Waals surface area contributed by atoms with Crippen molar-refractivity contribution in [2.45, 2.75) is 0 Å². The Kier molecular flexibility index (Phi) is 6.59. The summed E-state index contributed by atoms with van der Waals surface area (Å²) in [7, 11) is 1.81. The van der Waals surface area contributed by atoms with Crippen LogP contribution in [0, 0.1) is 0 Å². The van der Waals surface area contributed by atoms with Gasteiger partial charge in [-0.1, -0.05) is 6.58 Å². The van der Waals surface area contributed by atoms with E-state index in [2.05, 4.69) is 11.9 Å². The van der Waals surface area contributed by atoms with Crippen LogP contribution in [0.4, 0.5) is 5.69 Å². The van der Waals surface area contributed by atoms with Crippen LogP contribution >= 0.6 is 0 Å². The molecule has 1 N–H and O–H groups in total. The number of esters is 2. The molecule has 0 spiro atoms. The second-order valence-corrected chi connectivity index (χ2v) is 4.91. The van der Waals surface area contributed by atoms with Crippen LogP contribution in [-0.2, 0) is 9.53 Å². The Morgan fingerprint density at radius 1 is 1.00 bits per heavy atom. The molecule has 25 heavy (non-hydrogen) atoms. The number of carbonyl (C=O) groups is 2. The Hall–Kier alpha value is -3.28. The molecule has 0 aliphatic carbocycles. The third-order valence-electron chi connectivity index (χ3n) is 3.21. The summed E-state index contributed by atoms with van der Waals surface area (Å²) < 4.78 is 15.5. The van der Waals surface area contributed by atoms with Crippen LogP contribution in [0.1, 0.15) is 10.4 Å². The molecule has 2 aromatic rings. The Bertz CT molecular complexity index is 722. The molecule has 0 unspecified atom stereocenters. The number of benzene rings is 2. The molecule has 130 valence electrons. The lowest BCUT2D eigenvalue weighted by molar-refractivity contribution is -0.138. The standard InChI is InChI=1S/C19H19NO5/c1-3-18(21)24-13-12-23-16-8-4-14(5-9-16)19(22)25-17-10-6-15(20-2)7-11-17/h3-11,20H,1,12-13H2,2H3. The molecule has 0 heterocycles. The Balaban J connectivity index is 1.84. The fourth-order valence-electron chi connectivity index (χ4n) is 1.90. The summed E-state index contributed by atoms with van der Waals surface area (Å²) in [4.78, 5) is 23.0.